The van der Waals surface area contributed by atoms with Gasteiger partial charge in [0.1, 0.15) is 17.3 Å². The summed E-state index contributed by atoms with van der Waals surface area (Å²) in [5.41, 5.74) is -2.02. The number of carbonyl (C=O) groups is 1. The quantitative estimate of drug-likeness (QED) is 0.679. The fourth-order valence-electron chi connectivity index (χ4n) is 2.86. The zero-order valence-electron chi connectivity index (χ0n) is 21.0. The van der Waals surface area contributed by atoms with Crippen LogP contribution in [0.1, 0.15) is 31.2 Å². The summed E-state index contributed by atoms with van der Waals surface area (Å²) in [5, 5.41) is 12.8. The molecule has 1 atom stereocenters. The van der Waals surface area contributed by atoms with Crippen molar-refractivity contribution in [3.63, 3.8) is 0 Å². The molecule has 0 bridgehead atoms. The molecule has 0 radical (unpaired) electrons. The Morgan fingerprint density at radius 2 is 2.24 bits per heavy atom. The molecule has 0 saturated carbocycles. The second kappa shape index (κ2) is 7.32. The van der Waals surface area contributed by atoms with Crippen molar-refractivity contribution >= 4 is 27.6 Å². The van der Waals surface area contributed by atoms with Crippen LogP contribution in [0, 0.1) is 11.2 Å². The van der Waals surface area contributed by atoms with Gasteiger partial charge in [-0.2, -0.15) is 0 Å². The van der Waals surface area contributed by atoms with Crippen molar-refractivity contribution in [3.05, 3.63) is 53.6 Å². The molecule has 1 fully saturated rings. The van der Waals surface area contributed by atoms with Crippen molar-refractivity contribution < 1.29 is 30.6 Å². The summed E-state index contributed by atoms with van der Waals surface area (Å²) in [6.45, 7) is -1.86. The summed E-state index contributed by atoms with van der Waals surface area (Å²) >= 11 is 0. The van der Waals surface area contributed by atoms with Crippen molar-refractivity contribution in [2.45, 2.75) is 12.5 Å². The summed E-state index contributed by atoms with van der Waals surface area (Å²) < 4.78 is 87.9. The van der Waals surface area contributed by atoms with Crippen LogP contribution < -0.4 is 15.4 Å². The number of halogens is 1. The fourth-order valence-corrected chi connectivity index (χ4v) is 4.27. The largest absolute Gasteiger partial charge is 0.495 e. The molecule has 1 aromatic heterocycles. The van der Waals surface area contributed by atoms with E-state index in [9.17, 15) is 17.6 Å². The van der Waals surface area contributed by atoms with Gasteiger partial charge in [-0.15, -0.1) is 0 Å². The molecule has 154 valence electrons. The molecule has 1 aliphatic heterocycles. The lowest BCUT2D eigenvalue weighted by atomic mass is 9.93. The second-order valence-corrected chi connectivity index (χ2v) is 8.27. The maximum atomic E-state index is 14.7. The van der Waals surface area contributed by atoms with Crippen LogP contribution in [0.4, 0.5) is 10.1 Å². The zero-order valence-corrected chi connectivity index (χ0v) is 15.8. The number of anilines is 1. The number of rotatable bonds is 4. The number of nitrogens with zero attached hydrogens (tertiary/aromatic N) is 2. The molecule has 3 rings (SSSR count). The van der Waals surface area contributed by atoms with Gasteiger partial charge in [-0.05, 0) is 37.3 Å². The third-order valence-corrected chi connectivity index (χ3v) is 5.93. The van der Waals surface area contributed by atoms with Gasteiger partial charge in [0, 0.05) is 22.3 Å². The Morgan fingerprint density at radius 3 is 2.86 bits per heavy atom. The average Bonchev–Trinajstić information content (AvgIpc) is 2.65. The number of nitrogens with one attached hydrogen (secondary N) is 3. The Hall–Kier alpha value is -3.21. The lowest BCUT2D eigenvalue weighted by Gasteiger charge is -2.40. The SMILES string of the molecule is [2H]C([2H])([2H])Oc1ccc(C(=O)Nc2ccc(F)c([C@]3(C)CS(=O)(=O)N(C([2H])([2H])[2H])C(=N)N3)c2)nc1. The number of benzene rings is 1. The first-order valence-corrected chi connectivity index (χ1v) is 9.69. The molecule has 3 N–H and O–H groups in total. The van der Waals surface area contributed by atoms with E-state index in [2.05, 4.69) is 20.4 Å². The van der Waals surface area contributed by atoms with Crippen LogP contribution in [0.5, 0.6) is 5.75 Å². The molecule has 1 aliphatic rings. The summed E-state index contributed by atoms with van der Waals surface area (Å²) in [5.74, 6) is -3.50. The van der Waals surface area contributed by atoms with Gasteiger partial charge in [-0.3, -0.25) is 10.2 Å². The number of carbonyl (C=O) groups excluding carboxylic acids is 1. The number of ether oxygens (including phenoxy) is 1. The molecule has 29 heavy (non-hydrogen) atoms. The van der Waals surface area contributed by atoms with Crippen molar-refractivity contribution in [2.24, 2.45) is 0 Å². The number of guanidine groups is 1. The van der Waals surface area contributed by atoms with Crippen molar-refractivity contribution in [1.82, 2.24) is 14.6 Å². The first kappa shape index (κ1) is 13.9. The van der Waals surface area contributed by atoms with Crippen molar-refractivity contribution in [2.75, 3.05) is 25.1 Å². The van der Waals surface area contributed by atoms with Crippen LogP contribution in [-0.2, 0) is 15.6 Å². The average molecular weight is 427 g/mol. The van der Waals surface area contributed by atoms with Crippen LogP contribution in [0.25, 0.3) is 0 Å². The lowest BCUT2D eigenvalue weighted by molar-refractivity contribution is 0.102. The summed E-state index contributed by atoms with van der Waals surface area (Å²) in [6.07, 6.45) is 1.04. The van der Waals surface area contributed by atoms with Gasteiger partial charge in [0.05, 0.1) is 28.6 Å². The molecular weight excluding hydrogens is 401 g/mol. The Bertz CT molecular complexity index is 1270. The molecular formula is C18H20FN5O4S. The van der Waals surface area contributed by atoms with Gasteiger partial charge in [-0.25, -0.2) is 22.1 Å². The van der Waals surface area contributed by atoms with Crippen LogP contribution in [0.3, 0.4) is 0 Å². The van der Waals surface area contributed by atoms with E-state index >= 15 is 0 Å². The minimum absolute atomic E-state index is 0.0451. The van der Waals surface area contributed by atoms with E-state index in [1.807, 2.05) is 0 Å². The Labute approximate surface area is 175 Å². The van der Waals surface area contributed by atoms with Gasteiger partial charge in [-0.1, -0.05) is 0 Å². The van der Waals surface area contributed by atoms with Gasteiger partial charge < -0.3 is 15.4 Å². The number of hydrogen-bond donors (Lipinski definition) is 3. The van der Waals surface area contributed by atoms with Crippen molar-refractivity contribution in [3.8, 4) is 5.75 Å². The maximum Gasteiger partial charge on any atom is 0.274 e. The molecule has 0 aliphatic carbocycles. The van der Waals surface area contributed by atoms with Crippen LogP contribution in [0.15, 0.2) is 36.5 Å². The predicted octanol–water partition coefficient (Wildman–Crippen LogP) is 1.50. The van der Waals surface area contributed by atoms with E-state index in [0.29, 0.717) is 0 Å². The number of hydrogen-bond acceptors (Lipinski definition) is 6. The van der Waals surface area contributed by atoms with Gasteiger partial charge in [0.15, 0.2) is 0 Å². The normalized spacial score (nSPS) is 24.6. The molecule has 1 amide bonds. The number of methoxy groups -OCH3 is 1. The fraction of sp³-hybridized carbons (Fsp3) is 0.278. The number of sulfonamides is 1. The lowest BCUT2D eigenvalue weighted by Crippen LogP contribution is -2.61. The number of pyridine rings is 1. The Morgan fingerprint density at radius 1 is 1.45 bits per heavy atom. The molecule has 9 nitrogen and oxygen atoms in total. The molecule has 0 spiro atoms. The molecule has 11 heteroatoms. The van der Waals surface area contributed by atoms with E-state index < -0.39 is 53.0 Å². The highest BCUT2D eigenvalue weighted by molar-refractivity contribution is 7.89. The highest BCUT2D eigenvalue weighted by Gasteiger charge is 2.43. The second-order valence-electron chi connectivity index (χ2n) is 6.46. The topological polar surface area (TPSA) is 124 Å². The first-order chi connectivity index (χ1) is 15.9. The molecule has 1 aromatic carbocycles. The number of aromatic nitrogens is 1. The molecule has 1 saturated heterocycles. The van der Waals surface area contributed by atoms with E-state index in [1.165, 1.54) is 25.1 Å². The Kier molecular flexibility index (Phi) is 3.50. The monoisotopic (exact) mass is 427 g/mol. The highest BCUT2D eigenvalue weighted by atomic mass is 32.2. The summed E-state index contributed by atoms with van der Waals surface area (Å²) in [6, 6.07) is 5.78. The molecule has 2 heterocycles. The van der Waals surface area contributed by atoms with Gasteiger partial charge in [0.25, 0.3) is 5.91 Å². The smallest absolute Gasteiger partial charge is 0.274 e. The van der Waals surface area contributed by atoms with Crippen molar-refractivity contribution in [1.29, 1.82) is 5.41 Å². The standard InChI is InChI=1S/C18H20FN5O4S/c1-18(10-29(26,27)24(2)17(20)23-18)13-8-11(4-6-14(13)19)22-16(25)15-7-5-12(28-3)9-21-15/h4-9H,10H2,1-3H3,(H2,20,23)(H,22,25)/t18-/m0/s1/i2D3,3D3. The Balaban J connectivity index is 1.85. The van der Waals surface area contributed by atoms with E-state index in [-0.39, 0.29) is 27.0 Å². The van der Waals surface area contributed by atoms with E-state index in [4.69, 9.17) is 13.6 Å². The van der Waals surface area contributed by atoms with Crippen LogP contribution >= 0.6 is 0 Å². The third-order valence-electron chi connectivity index (χ3n) is 4.25. The van der Waals surface area contributed by atoms with Crippen LogP contribution in [0.2, 0.25) is 0 Å². The number of amides is 1. The molecule has 2 aromatic rings. The minimum Gasteiger partial charge on any atom is -0.495 e. The predicted molar refractivity (Wildman–Crippen MR) is 105 cm³/mol. The zero-order chi connectivity index (χ0) is 26.4. The van der Waals surface area contributed by atoms with Gasteiger partial charge in [0.2, 0.25) is 16.0 Å². The van der Waals surface area contributed by atoms with E-state index in [0.717, 1.165) is 18.3 Å². The summed E-state index contributed by atoms with van der Waals surface area (Å²) in [7, 11) is -7.22. The first-order valence-electron chi connectivity index (χ1n) is 11.1. The highest BCUT2D eigenvalue weighted by Crippen LogP contribution is 2.31. The minimum atomic E-state index is -4.53. The van der Waals surface area contributed by atoms with Crippen LogP contribution in [-0.4, -0.2) is 49.3 Å². The van der Waals surface area contributed by atoms with E-state index in [1.54, 1.807) is 0 Å². The summed E-state index contributed by atoms with van der Waals surface area (Å²) in [4.78, 5) is 16.4. The maximum absolute atomic E-state index is 14.7. The molecule has 0 unspecified atom stereocenters. The van der Waals surface area contributed by atoms with Gasteiger partial charge >= 0.3 is 0 Å². The third kappa shape index (κ3) is 3.99.